The lowest BCUT2D eigenvalue weighted by Crippen LogP contribution is -2.50. The summed E-state index contributed by atoms with van der Waals surface area (Å²) in [7, 11) is -3.40. The predicted octanol–water partition coefficient (Wildman–Crippen LogP) is -2.12. The molecule has 0 saturated carbocycles. The van der Waals surface area contributed by atoms with Crippen LogP contribution in [0.2, 0.25) is 0 Å². The third-order valence-corrected chi connectivity index (χ3v) is 4.01. The van der Waals surface area contributed by atoms with Crippen LogP contribution in [0, 0.1) is 0 Å². The number of nitrogens with zero attached hydrogens (tertiary/aromatic N) is 1. The van der Waals surface area contributed by atoms with Gasteiger partial charge >= 0.3 is 0 Å². The van der Waals surface area contributed by atoms with Gasteiger partial charge in [-0.1, -0.05) is 0 Å². The third kappa shape index (κ3) is 3.63. The molecule has 0 bridgehead atoms. The van der Waals surface area contributed by atoms with Crippen LogP contribution in [0.1, 0.15) is 12.8 Å². The second kappa shape index (κ2) is 5.76. The van der Waals surface area contributed by atoms with Crippen molar-refractivity contribution in [2.24, 2.45) is 0 Å². The highest BCUT2D eigenvalue weighted by Gasteiger charge is 2.36. The SMILES string of the molecule is CS(=O)(=O)N1CCCC1C(=O)NC(CO)CO. The Morgan fingerprint density at radius 2 is 2.06 bits per heavy atom. The second-order valence-electron chi connectivity index (χ2n) is 4.10. The largest absolute Gasteiger partial charge is 0.394 e. The number of amides is 1. The molecule has 0 aromatic carbocycles. The summed E-state index contributed by atoms with van der Waals surface area (Å²) in [5.74, 6) is -0.471. The molecule has 1 heterocycles. The Morgan fingerprint density at radius 3 is 2.53 bits per heavy atom. The van der Waals surface area contributed by atoms with Crippen molar-refractivity contribution in [3.05, 3.63) is 0 Å². The van der Waals surface area contributed by atoms with Gasteiger partial charge in [-0.15, -0.1) is 0 Å². The number of nitrogens with one attached hydrogen (secondary N) is 1. The van der Waals surface area contributed by atoms with Crippen LogP contribution in [0.5, 0.6) is 0 Å². The van der Waals surface area contributed by atoms with Crippen LogP contribution in [-0.2, 0) is 14.8 Å². The van der Waals surface area contributed by atoms with E-state index in [1.807, 2.05) is 0 Å². The van der Waals surface area contributed by atoms with Gasteiger partial charge in [-0.2, -0.15) is 4.31 Å². The topological polar surface area (TPSA) is 107 Å². The van der Waals surface area contributed by atoms with E-state index >= 15 is 0 Å². The first-order chi connectivity index (χ1) is 7.90. The average Bonchev–Trinajstić information content (AvgIpc) is 2.73. The summed E-state index contributed by atoms with van der Waals surface area (Å²) < 4.78 is 24.0. The average molecular weight is 266 g/mol. The maximum absolute atomic E-state index is 11.8. The van der Waals surface area contributed by atoms with Gasteiger partial charge in [0.1, 0.15) is 6.04 Å². The number of aliphatic hydroxyl groups is 2. The van der Waals surface area contributed by atoms with Gasteiger partial charge in [-0.25, -0.2) is 8.42 Å². The second-order valence-corrected chi connectivity index (χ2v) is 6.04. The minimum Gasteiger partial charge on any atom is -0.394 e. The minimum atomic E-state index is -3.40. The maximum Gasteiger partial charge on any atom is 0.238 e. The molecule has 0 radical (unpaired) electrons. The zero-order valence-electron chi connectivity index (χ0n) is 9.66. The van der Waals surface area contributed by atoms with E-state index in [1.165, 1.54) is 0 Å². The summed E-state index contributed by atoms with van der Waals surface area (Å²) in [6, 6.07) is -1.48. The van der Waals surface area contributed by atoms with Crippen molar-refractivity contribution in [1.82, 2.24) is 9.62 Å². The highest BCUT2D eigenvalue weighted by Crippen LogP contribution is 2.20. The van der Waals surface area contributed by atoms with E-state index in [1.54, 1.807) is 0 Å². The molecule has 1 unspecified atom stereocenters. The van der Waals surface area contributed by atoms with Crippen LogP contribution in [0.4, 0.5) is 0 Å². The normalized spacial score (nSPS) is 22.0. The van der Waals surface area contributed by atoms with E-state index in [0.29, 0.717) is 19.4 Å². The van der Waals surface area contributed by atoms with E-state index in [2.05, 4.69) is 5.32 Å². The van der Waals surface area contributed by atoms with Gasteiger partial charge in [0, 0.05) is 6.54 Å². The Morgan fingerprint density at radius 1 is 1.47 bits per heavy atom. The highest BCUT2D eigenvalue weighted by molar-refractivity contribution is 7.88. The van der Waals surface area contributed by atoms with Crippen molar-refractivity contribution < 1.29 is 23.4 Å². The summed E-state index contributed by atoms with van der Waals surface area (Å²) in [6.07, 6.45) is 2.16. The summed E-state index contributed by atoms with van der Waals surface area (Å²) in [4.78, 5) is 11.8. The fourth-order valence-electron chi connectivity index (χ4n) is 1.85. The number of hydrogen-bond donors (Lipinski definition) is 3. The molecule has 1 atom stereocenters. The zero-order chi connectivity index (χ0) is 13.1. The quantitative estimate of drug-likeness (QED) is 0.527. The van der Waals surface area contributed by atoms with Crippen molar-refractivity contribution in [2.75, 3.05) is 26.0 Å². The van der Waals surface area contributed by atoms with E-state index < -0.39 is 28.0 Å². The van der Waals surface area contributed by atoms with Crippen molar-refractivity contribution >= 4 is 15.9 Å². The first-order valence-electron chi connectivity index (χ1n) is 5.39. The monoisotopic (exact) mass is 266 g/mol. The molecule has 1 aliphatic rings. The van der Waals surface area contributed by atoms with Crippen LogP contribution in [0.25, 0.3) is 0 Å². The molecular formula is C9H18N2O5S. The smallest absolute Gasteiger partial charge is 0.238 e. The zero-order valence-corrected chi connectivity index (χ0v) is 10.5. The molecule has 7 nitrogen and oxygen atoms in total. The van der Waals surface area contributed by atoms with Crippen molar-refractivity contribution in [3.8, 4) is 0 Å². The number of sulfonamides is 1. The van der Waals surface area contributed by atoms with Gasteiger partial charge in [0.2, 0.25) is 15.9 Å². The van der Waals surface area contributed by atoms with Crippen LogP contribution in [0.3, 0.4) is 0 Å². The van der Waals surface area contributed by atoms with Gasteiger partial charge in [-0.05, 0) is 12.8 Å². The van der Waals surface area contributed by atoms with Crippen LogP contribution < -0.4 is 5.32 Å². The molecule has 1 fully saturated rings. The first kappa shape index (κ1) is 14.4. The van der Waals surface area contributed by atoms with Gasteiger partial charge in [0.25, 0.3) is 0 Å². The number of aliphatic hydroxyl groups excluding tert-OH is 2. The number of carbonyl (C=O) groups excluding carboxylic acids is 1. The molecule has 0 spiro atoms. The molecule has 1 saturated heterocycles. The van der Waals surface area contributed by atoms with Gasteiger partial charge in [-0.3, -0.25) is 4.79 Å². The minimum absolute atomic E-state index is 0.333. The van der Waals surface area contributed by atoms with Gasteiger partial charge in [0.15, 0.2) is 0 Å². The lowest BCUT2D eigenvalue weighted by atomic mass is 10.2. The molecule has 1 rings (SSSR count). The van der Waals surface area contributed by atoms with E-state index in [9.17, 15) is 13.2 Å². The summed E-state index contributed by atoms with van der Waals surface area (Å²) in [5.41, 5.74) is 0. The molecule has 0 aromatic heterocycles. The molecule has 1 amide bonds. The molecule has 1 aliphatic heterocycles. The standard InChI is InChI=1S/C9H18N2O5S/c1-17(15,16)11-4-2-3-8(11)9(14)10-7(5-12)6-13/h7-8,12-13H,2-6H2,1H3,(H,10,14). The molecule has 0 aromatic rings. The molecule has 100 valence electrons. The fourth-order valence-corrected chi connectivity index (χ4v) is 2.97. The Hall–Kier alpha value is -0.700. The summed E-state index contributed by atoms with van der Waals surface area (Å²) >= 11 is 0. The van der Waals surface area contributed by atoms with Crippen molar-refractivity contribution in [1.29, 1.82) is 0 Å². The molecule has 3 N–H and O–H groups in total. The number of rotatable bonds is 5. The Balaban J connectivity index is 2.69. The van der Waals surface area contributed by atoms with Crippen LogP contribution in [-0.4, -0.2) is 66.9 Å². The number of hydrogen-bond acceptors (Lipinski definition) is 5. The third-order valence-electron chi connectivity index (χ3n) is 2.72. The lowest BCUT2D eigenvalue weighted by Gasteiger charge is -2.23. The Labute approximate surface area is 100 Å². The fraction of sp³-hybridized carbons (Fsp3) is 0.889. The predicted molar refractivity (Wildman–Crippen MR) is 60.7 cm³/mol. The summed E-state index contributed by atoms with van der Waals surface area (Å²) in [6.45, 7) is -0.429. The molecule has 0 aliphatic carbocycles. The summed E-state index contributed by atoms with van der Waals surface area (Å²) in [5, 5.41) is 20.1. The molecule has 17 heavy (non-hydrogen) atoms. The van der Waals surface area contributed by atoms with Crippen molar-refractivity contribution in [2.45, 2.75) is 24.9 Å². The van der Waals surface area contributed by atoms with Gasteiger partial charge in [0.05, 0.1) is 25.5 Å². The number of carbonyl (C=O) groups is 1. The maximum atomic E-state index is 11.8. The molecule has 8 heteroatoms. The Kier molecular flexibility index (Phi) is 4.87. The highest BCUT2D eigenvalue weighted by atomic mass is 32.2. The molecular weight excluding hydrogens is 248 g/mol. The van der Waals surface area contributed by atoms with E-state index in [0.717, 1.165) is 10.6 Å². The first-order valence-corrected chi connectivity index (χ1v) is 7.24. The van der Waals surface area contributed by atoms with Crippen LogP contribution in [0.15, 0.2) is 0 Å². The lowest BCUT2D eigenvalue weighted by molar-refractivity contribution is -0.125. The van der Waals surface area contributed by atoms with Gasteiger partial charge < -0.3 is 15.5 Å². The van der Waals surface area contributed by atoms with Crippen LogP contribution >= 0.6 is 0 Å². The van der Waals surface area contributed by atoms with E-state index in [-0.39, 0.29) is 13.2 Å². The van der Waals surface area contributed by atoms with Crippen molar-refractivity contribution in [3.63, 3.8) is 0 Å². The van der Waals surface area contributed by atoms with E-state index in [4.69, 9.17) is 10.2 Å². The Bertz CT molecular complexity index is 366.